The highest BCUT2D eigenvalue weighted by atomic mass is 35.5. The molecule has 0 fully saturated rings. The van der Waals surface area contributed by atoms with Crippen molar-refractivity contribution in [1.29, 1.82) is 0 Å². The Balaban J connectivity index is 2.41. The van der Waals surface area contributed by atoms with Crippen LogP contribution < -0.4 is 5.32 Å². The molecule has 1 atom stereocenters. The molecule has 124 valence electrons. The highest BCUT2D eigenvalue weighted by Gasteiger charge is 2.16. The highest BCUT2D eigenvalue weighted by Crippen LogP contribution is 2.27. The Kier molecular flexibility index (Phi) is 8.89. The number of aryl methyl sites for hydroxylation is 1. The average molecular weight is 330 g/mol. The fourth-order valence-corrected chi connectivity index (χ4v) is 2.12. The van der Waals surface area contributed by atoms with Crippen LogP contribution in [0.25, 0.3) is 0 Å². The van der Waals surface area contributed by atoms with Gasteiger partial charge in [0.05, 0.1) is 30.5 Å². The molecule has 0 spiro atoms. The molecule has 0 aromatic heterocycles. The quantitative estimate of drug-likeness (QED) is 0.528. The monoisotopic (exact) mass is 329 g/mol. The fourth-order valence-electron chi connectivity index (χ4n) is 1.87. The predicted octanol–water partition coefficient (Wildman–Crippen LogP) is 2.91. The molecule has 5 nitrogen and oxygen atoms in total. The van der Waals surface area contributed by atoms with E-state index in [1.807, 2.05) is 19.1 Å². The highest BCUT2D eigenvalue weighted by molar-refractivity contribution is 6.33. The number of nitrogens with one attached hydrogen (secondary N) is 1. The summed E-state index contributed by atoms with van der Waals surface area (Å²) in [6, 6.07) is 5.19. The summed E-state index contributed by atoms with van der Waals surface area (Å²) in [4.78, 5) is 11.9. The van der Waals surface area contributed by atoms with E-state index >= 15 is 0 Å². The van der Waals surface area contributed by atoms with Gasteiger partial charge in [0.25, 0.3) is 0 Å². The van der Waals surface area contributed by atoms with Crippen LogP contribution in [0.2, 0.25) is 5.02 Å². The lowest BCUT2D eigenvalue weighted by Crippen LogP contribution is -2.29. The maximum Gasteiger partial charge on any atom is 0.328 e. The van der Waals surface area contributed by atoms with Gasteiger partial charge in [0.2, 0.25) is 0 Å². The number of carbonyl (C=O) groups excluding carboxylic acids is 1. The van der Waals surface area contributed by atoms with Crippen molar-refractivity contribution in [3.63, 3.8) is 0 Å². The Morgan fingerprint density at radius 3 is 2.68 bits per heavy atom. The number of ether oxygens (including phenoxy) is 3. The Labute approximate surface area is 136 Å². The van der Waals surface area contributed by atoms with Crippen LogP contribution in [0, 0.1) is 0 Å². The van der Waals surface area contributed by atoms with Gasteiger partial charge < -0.3 is 19.5 Å². The first-order valence-electron chi connectivity index (χ1n) is 7.37. The van der Waals surface area contributed by atoms with Gasteiger partial charge in [-0.2, -0.15) is 0 Å². The molecule has 0 aliphatic carbocycles. The van der Waals surface area contributed by atoms with Crippen molar-refractivity contribution < 1.29 is 19.0 Å². The molecular formula is C16H24ClNO4. The smallest absolute Gasteiger partial charge is 0.328 e. The summed E-state index contributed by atoms with van der Waals surface area (Å²) in [5.41, 5.74) is 1.85. The Hall–Kier alpha value is -1.30. The zero-order chi connectivity index (χ0) is 16.4. The van der Waals surface area contributed by atoms with E-state index in [9.17, 15) is 4.79 Å². The van der Waals surface area contributed by atoms with Crippen molar-refractivity contribution in [2.75, 3.05) is 38.9 Å². The molecule has 0 heterocycles. The zero-order valence-electron chi connectivity index (χ0n) is 13.4. The maximum absolute atomic E-state index is 11.9. The summed E-state index contributed by atoms with van der Waals surface area (Å²) < 4.78 is 15.2. The van der Waals surface area contributed by atoms with E-state index in [-0.39, 0.29) is 12.6 Å². The van der Waals surface area contributed by atoms with Crippen LogP contribution in [0.1, 0.15) is 19.4 Å². The standard InChI is InChI=1S/C16H24ClNO4/c1-4-13-6-5-7-14(17)15(13)18-12(2)16(19)22-11-10-21-9-8-20-3/h5-7,12,18H,4,8-11H2,1-3H3. The van der Waals surface area contributed by atoms with E-state index in [2.05, 4.69) is 5.32 Å². The zero-order valence-corrected chi connectivity index (χ0v) is 14.1. The lowest BCUT2D eigenvalue weighted by atomic mass is 10.1. The van der Waals surface area contributed by atoms with Gasteiger partial charge >= 0.3 is 5.97 Å². The predicted molar refractivity (Wildman–Crippen MR) is 87.6 cm³/mol. The Bertz CT molecular complexity index is 467. The van der Waals surface area contributed by atoms with Crippen LogP contribution >= 0.6 is 11.6 Å². The van der Waals surface area contributed by atoms with Gasteiger partial charge in [-0.15, -0.1) is 0 Å². The van der Waals surface area contributed by atoms with Gasteiger partial charge in [-0.05, 0) is 25.0 Å². The summed E-state index contributed by atoms with van der Waals surface area (Å²) in [5.74, 6) is -0.336. The SMILES string of the molecule is CCc1cccc(Cl)c1NC(C)C(=O)OCCOCCOC. The second-order valence-corrected chi connectivity index (χ2v) is 5.17. The number of anilines is 1. The van der Waals surface area contributed by atoms with Gasteiger partial charge in [0.15, 0.2) is 0 Å². The Morgan fingerprint density at radius 1 is 1.27 bits per heavy atom. The largest absolute Gasteiger partial charge is 0.462 e. The molecule has 0 radical (unpaired) electrons. The summed E-state index contributed by atoms with van der Waals surface area (Å²) in [6.45, 7) is 5.37. The normalized spacial score (nSPS) is 12.0. The van der Waals surface area contributed by atoms with E-state index in [0.717, 1.165) is 17.7 Å². The van der Waals surface area contributed by atoms with Crippen molar-refractivity contribution in [3.8, 4) is 0 Å². The third-order valence-corrected chi connectivity index (χ3v) is 3.41. The van der Waals surface area contributed by atoms with Crippen molar-refractivity contribution >= 4 is 23.3 Å². The number of hydrogen-bond acceptors (Lipinski definition) is 5. The summed E-state index contributed by atoms with van der Waals surface area (Å²) >= 11 is 6.19. The average Bonchev–Trinajstić information content (AvgIpc) is 2.52. The maximum atomic E-state index is 11.9. The minimum absolute atomic E-state index is 0.220. The van der Waals surface area contributed by atoms with Crippen molar-refractivity contribution in [2.45, 2.75) is 26.3 Å². The third-order valence-electron chi connectivity index (χ3n) is 3.10. The molecule has 1 unspecified atom stereocenters. The molecule has 6 heteroatoms. The fraction of sp³-hybridized carbons (Fsp3) is 0.562. The van der Waals surface area contributed by atoms with Crippen molar-refractivity contribution in [2.24, 2.45) is 0 Å². The Morgan fingerprint density at radius 2 is 2.00 bits per heavy atom. The first-order chi connectivity index (χ1) is 10.6. The summed E-state index contributed by atoms with van der Waals surface area (Å²) in [7, 11) is 1.61. The van der Waals surface area contributed by atoms with E-state index in [4.69, 9.17) is 25.8 Å². The van der Waals surface area contributed by atoms with Crippen molar-refractivity contribution in [3.05, 3.63) is 28.8 Å². The van der Waals surface area contributed by atoms with E-state index in [0.29, 0.717) is 24.8 Å². The number of para-hydroxylation sites is 1. The lowest BCUT2D eigenvalue weighted by Gasteiger charge is -2.18. The summed E-state index contributed by atoms with van der Waals surface area (Å²) in [5, 5.41) is 3.72. The molecule has 0 saturated carbocycles. The minimum Gasteiger partial charge on any atom is -0.462 e. The van der Waals surface area contributed by atoms with Crippen LogP contribution in [0.3, 0.4) is 0 Å². The van der Waals surface area contributed by atoms with Crippen LogP contribution in [0.5, 0.6) is 0 Å². The van der Waals surface area contributed by atoms with Crippen LogP contribution in [-0.2, 0) is 25.4 Å². The topological polar surface area (TPSA) is 56.8 Å². The van der Waals surface area contributed by atoms with Crippen LogP contribution in [-0.4, -0.2) is 45.5 Å². The molecule has 0 aliphatic heterocycles. The van der Waals surface area contributed by atoms with Crippen LogP contribution in [0.15, 0.2) is 18.2 Å². The number of hydrogen-bond donors (Lipinski definition) is 1. The van der Waals surface area contributed by atoms with Gasteiger partial charge in [0.1, 0.15) is 12.6 Å². The number of methoxy groups -OCH3 is 1. The molecule has 0 aliphatic rings. The van der Waals surface area contributed by atoms with E-state index < -0.39 is 6.04 Å². The molecule has 0 bridgehead atoms. The molecule has 0 saturated heterocycles. The van der Waals surface area contributed by atoms with Gasteiger partial charge in [0, 0.05) is 7.11 Å². The number of esters is 1. The molecule has 1 aromatic rings. The number of benzene rings is 1. The number of carbonyl (C=O) groups is 1. The molecule has 22 heavy (non-hydrogen) atoms. The number of halogens is 1. The number of rotatable bonds is 10. The second kappa shape index (κ2) is 10.4. The third kappa shape index (κ3) is 6.22. The van der Waals surface area contributed by atoms with Crippen molar-refractivity contribution in [1.82, 2.24) is 0 Å². The van der Waals surface area contributed by atoms with Gasteiger partial charge in [-0.1, -0.05) is 30.7 Å². The first-order valence-corrected chi connectivity index (χ1v) is 7.75. The molecule has 1 aromatic carbocycles. The van der Waals surface area contributed by atoms with Gasteiger partial charge in [-0.25, -0.2) is 4.79 Å². The lowest BCUT2D eigenvalue weighted by molar-refractivity contribution is -0.145. The van der Waals surface area contributed by atoms with E-state index in [1.54, 1.807) is 20.1 Å². The molecular weight excluding hydrogens is 306 g/mol. The second-order valence-electron chi connectivity index (χ2n) is 4.77. The first kappa shape index (κ1) is 18.7. The van der Waals surface area contributed by atoms with Crippen LogP contribution in [0.4, 0.5) is 5.69 Å². The molecule has 1 N–H and O–H groups in total. The molecule has 0 amide bonds. The van der Waals surface area contributed by atoms with Gasteiger partial charge in [-0.3, -0.25) is 0 Å². The minimum atomic E-state index is -0.482. The van der Waals surface area contributed by atoms with E-state index in [1.165, 1.54) is 0 Å². The molecule has 1 rings (SSSR count). The summed E-state index contributed by atoms with van der Waals surface area (Å²) in [6.07, 6.45) is 0.831.